The smallest absolute Gasteiger partial charge is 0.395 e. The van der Waals surface area contributed by atoms with E-state index >= 15 is 0 Å². The van der Waals surface area contributed by atoms with Gasteiger partial charge in [0.1, 0.15) is 5.82 Å². The van der Waals surface area contributed by atoms with Crippen LogP contribution in [0, 0.1) is 6.92 Å². The molecule has 5 nitrogen and oxygen atoms in total. The number of rotatable bonds is 5. The van der Waals surface area contributed by atoms with Crippen molar-refractivity contribution in [3.8, 4) is 11.4 Å². The monoisotopic (exact) mass is 341 g/mol. The molecule has 1 aromatic heterocycles. The number of nitrogens with zero attached hydrogens (tertiary/aromatic N) is 2. The van der Waals surface area contributed by atoms with Gasteiger partial charge in [0.15, 0.2) is 5.69 Å². The molecule has 0 unspecified atom stereocenters. The quantitative estimate of drug-likeness (QED) is 0.875. The van der Waals surface area contributed by atoms with Gasteiger partial charge in [-0.1, -0.05) is 24.3 Å². The second-order valence-corrected chi connectivity index (χ2v) is 5.54. The van der Waals surface area contributed by atoms with Gasteiger partial charge in [0.2, 0.25) is 0 Å². The largest absolute Gasteiger partial charge is 0.433 e. The fourth-order valence-electron chi connectivity index (χ4n) is 2.27. The molecule has 130 valence electrons. The number of likely N-dealkylation sites (N-methyl/N-ethyl adjacent to an activating group) is 1. The van der Waals surface area contributed by atoms with Crippen LogP contribution in [-0.4, -0.2) is 40.2 Å². The highest BCUT2D eigenvalue weighted by molar-refractivity contribution is 5.55. The maximum Gasteiger partial charge on any atom is 0.433 e. The third-order valence-corrected chi connectivity index (χ3v) is 3.58. The van der Waals surface area contributed by atoms with E-state index in [1.165, 1.54) is 0 Å². The fourth-order valence-corrected chi connectivity index (χ4v) is 2.27. The number of hydrogen-bond acceptors (Lipinski definition) is 4. The van der Waals surface area contributed by atoms with E-state index in [2.05, 4.69) is 9.97 Å². The van der Waals surface area contributed by atoms with E-state index in [0.29, 0.717) is 18.7 Å². The third kappa shape index (κ3) is 4.21. The molecule has 0 saturated carbocycles. The van der Waals surface area contributed by atoms with Crippen molar-refractivity contribution >= 4 is 0 Å². The highest BCUT2D eigenvalue weighted by atomic mass is 19.4. The van der Waals surface area contributed by atoms with E-state index in [4.69, 9.17) is 5.11 Å². The first-order valence-electron chi connectivity index (χ1n) is 7.29. The molecule has 0 fully saturated rings. The molecule has 0 aliphatic carbocycles. The lowest BCUT2D eigenvalue weighted by Gasteiger charge is -2.15. The minimum atomic E-state index is -4.68. The van der Waals surface area contributed by atoms with Crippen LogP contribution in [0.25, 0.3) is 11.4 Å². The third-order valence-electron chi connectivity index (χ3n) is 3.58. The van der Waals surface area contributed by atoms with Gasteiger partial charge in [-0.05, 0) is 19.5 Å². The summed E-state index contributed by atoms with van der Waals surface area (Å²) in [4.78, 5) is 19.6. The van der Waals surface area contributed by atoms with Crippen LogP contribution < -0.4 is 5.56 Å². The summed E-state index contributed by atoms with van der Waals surface area (Å²) in [5, 5.41) is 8.87. The van der Waals surface area contributed by atoms with Crippen LogP contribution in [0.4, 0.5) is 13.2 Å². The average molecular weight is 341 g/mol. The maximum absolute atomic E-state index is 13.0. The Bertz CT molecular complexity index is 755. The molecule has 0 radical (unpaired) electrons. The van der Waals surface area contributed by atoms with E-state index in [1.54, 1.807) is 24.3 Å². The Balaban J connectivity index is 2.32. The normalized spacial score (nSPS) is 12.0. The molecule has 0 spiro atoms. The van der Waals surface area contributed by atoms with Gasteiger partial charge >= 0.3 is 6.18 Å². The molecular formula is C16H18F3N3O2. The first kappa shape index (κ1) is 18.2. The Morgan fingerprint density at radius 3 is 2.42 bits per heavy atom. The zero-order valence-corrected chi connectivity index (χ0v) is 13.3. The van der Waals surface area contributed by atoms with Crippen molar-refractivity contribution in [3.63, 3.8) is 0 Å². The molecule has 0 aliphatic heterocycles. The van der Waals surface area contributed by atoms with Crippen LogP contribution in [0.2, 0.25) is 0 Å². The lowest BCUT2D eigenvalue weighted by molar-refractivity contribution is -0.141. The number of benzene rings is 1. The van der Waals surface area contributed by atoms with Gasteiger partial charge in [0, 0.05) is 24.2 Å². The molecule has 8 heteroatoms. The molecule has 0 saturated heterocycles. The average Bonchev–Trinajstić information content (AvgIpc) is 2.49. The van der Waals surface area contributed by atoms with Crippen LogP contribution in [-0.2, 0) is 12.7 Å². The number of aliphatic hydroxyl groups is 1. The Labute approximate surface area is 136 Å². The lowest BCUT2D eigenvalue weighted by Crippen LogP contribution is -2.22. The minimum Gasteiger partial charge on any atom is -0.395 e. The highest BCUT2D eigenvalue weighted by Gasteiger charge is 2.36. The van der Waals surface area contributed by atoms with Crippen LogP contribution >= 0.6 is 0 Å². The molecule has 24 heavy (non-hydrogen) atoms. The number of aromatic nitrogens is 2. The number of nitrogens with one attached hydrogen (secondary N) is 1. The number of alkyl halides is 3. The van der Waals surface area contributed by atoms with Crippen molar-refractivity contribution in [1.82, 2.24) is 14.9 Å². The molecular weight excluding hydrogens is 323 g/mol. The van der Waals surface area contributed by atoms with Crippen LogP contribution in [0.3, 0.4) is 0 Å². The fraction of sp³-hybridized carbons (Fsp3) is 0.375. The second kappa shape index (κ2) is 7.14. The first-order valence-corrected chi connectivity index (χ1v) is 7.29. The number of halogens is 3. The topological polar surface area (TPSA) is 69.2 Å². The summed E-state index contributed by atoms with van der Waals surface area (Å²) in [6.45, 7) is 2.25. The van der Waals surface area contributed by atoms with E-state index in [9.17, 15) is 18.0 Å². The van der Waals surface area contributed by atoms with Crippen molar-refractivity contribution in [1.29, 1.82) is 0 Å². The lowest BCUT2D eigenvalue weighted by atomic mass is 10.1. The van der Waals surface area contributed by atoms with Crippen molar-refractivity contribution in [2.75, 3.05) is 20.2 Å². The van der Waals surface area contributed by atoms with Crippen molar-refractivity contribution in [2.24, 2.45) is 0 Å². The van der Waals surface area contributed by atoms with Gasteiger partial charge in [-0.2, -0.15) is 13.2 Å². The van der Waals surface area contributed by atoms with Gasteiger partial charge in [-0.25, -0.2) is 4.98 Å². The Morgan fingerprint density at radius 1 is 1.25 bits per heavy atom. The van der Waals surface area contributed by atoms with Crippen molar-refractivity contribution < 1.29 is 18.3 Å². The molecule has 2 aromatic rings. The second-order valence-electron chi connectivity index (χ2n) is 5.54. The molecule has 0 amide bonds. The SMILES string of the molecule is Cc1c(C(F)(F)F)nc(-c2ccc(CN(C)CCO)cc2)[nH]c1=O. The van der Waals surface area contributed by atoms with E-state index in [0.717, 1.165) is 12.5 Å². The van der Waals surface area contributed by atoms with Crippen molar-refractivity contribution in [2.45, 2.75) is 19.6 Å². The summed E-state index contributed by atoms with van der Waals surface area (Å²) < 4.78 is 38.9. The number of aromatic amines is 1. The number of hydrogen-bond donors (Lipinski definition) is 2. The van der Waals surface area contributed by atoms with Crippen LogP contribution in [0.1, 0.15) is 16.8 Å². The summed E-state index contributed by atoms with van der Waals surface area (Å²) in [6.07, 6.45) is -4.68. The molecule has 1 heterocycles. The summed E-state index contributed by atoms with van der Waals surface area (Å²) in [5.74, 6) is -0.117. The standard InChI is InChI=1S/C16H18F3N3O2/c1-10-13(16(17,18)19)20-14(21-15(10)24)12-5-3-11(4-6-12)9-22(2)7-8-23/h3-6,23H,7-9H2,1-2H3,(H,20,21,24). The summed E-state index contributed by atoms with van der Waals surface area (Å²) >= 11 is 0. The molecule has 2 rings (SSSR count). The van der Waals surface area contributed by atoms with E-state index < -0.39 is 23.0 Å². The Morgan fingerprint density at radius 2 is 1.88 bits per heavy atom. The first-order chi connectivity index (χ1) is 11.2. The highest BCUT2D eigenvalue weighted by Crippen LogP contribution is 2.30. The number of H-pyrrole nitrogens is 1. The van der Waals surface area contributed by atoms with Gasteiger partial charge in [-0.15, -0.1) is 0 Å². The summed E-state index contributed by atoms with van der Waals surface area (Å²) in [5.41, 5.74) is -1.10. The molecule has 2 N–H and O–H groups in total. The Kier molecular flexibility index (Phi) is 5.40. The van der Waals surface area contributed by atoms with Gasteiger partial charge in [0.05, 0.1) is 6.61 Å². The number of aliphatic hydroxyl groups excluding tert-OH is 1. The predicted octanol–water partition coefficient (Wildman–Crippen LogP) is 2.19. The minimum absolute atomic E-state index is 0.0450. The van der Waals surface area contributed by atoms with Gasteiger partial charge < -0.3 is 10.1 Å². The summed E-state index contributed by atoms with van der Waals surface area (Å²) in [6, 6.07) is 6.71. The predicted molar refractivity (Wildman–Crippen MR) is 83.5 cm³/mol. The summed E-state index contributed by atoms with van der Waals surface area (Å²) in [7, 11) is 1.85. The van der Waals surface area contributed by atoms with Crippen LogP contribution in [0.15, 0.2) is 29.1 Å². The van der Waals surface area contributed by atoms with E-state index in [-0.39, 0.29) is 12.4 Å². The van der Waals surface area contributed by atoms with E-state index in [1.807, 2.05) is 11.9 Å². The maximum atomic E-state index is 13.0. The zero-order valence-electron chi connectivity index (χ0n) is 13.3. The molecule has 1 aromatic carbocycles. The van der Waals surface area contributed by atoms with Crippen LogP contribution in [0.5, 0.6) is 0 Å². The van der Waals surface area contributed by atoms with Gasteiger partial charge in [0.25, 0.3) is 5.56 Å². The molecule has 0 aliphatic rings. The van der Waals surface area contributed by atoms with Gasteiger partial charge in [-0.3, -0.25) is 9.69 Å². The zero-order chi connectivity index (χ0) is 17.9. The Hall–Kier alpha value is -2.19. The molecule has 0 atom stereocenters. The molecule has 0 bridgehead atoms. The van der Waals surface area contributed by atoms with Crippen molar-refractivity contribution in [3.05, 3.63) is 51.4 Å².